The maximum Gasteiger partial charge on any atom is 0.151 e. The summed E-state index contributed by atoms with van der Waals surface area (Å²) in [4.78, 5) is 4.25. The minimum absolute atomic E-state index is 0.330. The molecule has 2 N–H and O–H groups in total. The molecule has 0 aliphatic rings. The summed E-state index contributed by atoms with van der Waals surface area (Å²) in [6.45, 7) is 0. The number of rotatable bonds is 3. The molecule has 0 aliphatic carbocycles. The van der Waals surface area contributed by atoms with Crippen LogP contribution in [0.25, 0.3) is 0 Å². The molecule has 100 valence electrons. The predicted octanol–water partition coefficient (Wildman–Crippen LogP) is 5.08. The number of aromatic nitrogens is 1. The molecule has 0 spiro atoms. The molecule has 0 atom stereocenters. The van der Waals surface area contributed by atoms with E-state index < -0.39 is 0 Å². The van der Waals surface area contributed by atoms with Gasteiger partial charge in [-0.3, -0.25) is 0 Å². The first-order valence-corrected chi connectivity index (χ1v) is 6.82. The first kappa shape index (κ1) is 14.4. The van der Waals surface area contributed by atoms with Gasteiger partial charge in [-0.05, 0) is 40.2 Å². The van der Waals surface area contributed by atoms with Gasteiger partial charge >= 0.3 is 0 Å². The Morgan fingerprint density at radius 2 is 1.84 bits per heavy atom. The topological polar surface area (TPSA) is 37.0 Å². The Kier molecular flexibility index (Phi) is 4.50. The zero-order valence-electron chi connectivity index (χ0n) is 9.77. The van der Waals surface area contributed by atoms with Crippen molar-refractivity contribution in [3.63, 3.8) is 0 Å². The third kappa shape index (κ3) is 3.29. The highest BCUT2D eigenvalue weighted by Gasteiger charge is 2.10. The number of hydrogen-bond donors (Lipinski definition) is 2. The lowest BCUT2D eigenvalue weighted by molar-refractivity contribution is 0.627. The molecule has 0 bridgehead atoms. The fraction of sp³-hybridized carbons (Fsp3) is 0.0833. The van der Waals surface area contributed by atoms with Crippen LogP contribution in [0, 0.1) is 5.82 Å². The van der Waals surface area contributed by atoms with Crippen LogP contribution < -0.4 is 10.6 Å². The number of nitrogens with zero attached hydrogens (tertiary/aromatic N) is 1. The molecule has 0 amide bonds. The Morgan fingerprint density at radius 1 is 1.16 bits per heavy atom. The number of pyridine rings is 1. The van der Waals surface area contributed by atoms with Crippen molar-refractivity contribution < 1.29 is 4.39 Å². The maximum absolute atomic E-state index is 13.0. The van der Waals surface area contributed by atoms with E-state index >= 15 is 0 Å². The van der Waals surface area contributed by atoms with E-state index in [-0.39, 0.29) is 5.82 Å². The molecular formula is C12H9BrCl2FN3. The Hall–Kier alpha value is -1.04. The molecule has 0 unspecified atom stereocenters. The van der Waals surface area contributed by atoms with Crippen LogP contribution >= 0.6 is 39.1 Å². The SMILES string of the molecule is CNc1nc(Nc2ccc(F)cc2Br)c(Cl)cc1Cl. The number of nitrogens with one attached hydrogen (secondary N) is 2. The molecular weight excluding hydrogens is 356 g/mol. The molecule has 0 fully saturated rings. The Balaban J connectivity index is 2.37. The van der Waals surface area contributed by atoms with Gasteiger partial charge in [0.2, 0.25) is 0 Å². The van der Waals surface area contributed by atoms with Crippen LogP contribution in [0.1, 0.15) is 0 Å². The molecule has 1 aromatic heterocycles. The van der Waals surface area contributed by atoms with Gasteiger partial charge in [0.05, 0.1) is 15.7 Å². The number of hydrogen-bond acceptors (Lipinski definition) is 3. The van der Waals surface area contributed by atoms with Crippen molar-refractivity contribution in [2.75, 3.05) is 17.7 Å². The van der Waals surface area contributed by atoms with Crippen LogP contribution in [0.3, 0.4) is 0 Å². The number of halogens is 4. The Bertz CT molecular complexity index is 622. The van der Waals surface area contributed by atoms with E-state index in [9.17, 15) is 4.39 Å². The van der Waals surface area contributed by atoms with Crippen LogP contribution in [0.15, 0.2) is 28.7 Å². The molecule has 0 aliphatic heterocycles. The normalized spacial score (nSPS) is 10.4. The average molecular weight is 365 g/mol. The van der Waals surface area contributed by atoms with E-state index in [0.717, 1.165) is 0 Å². The molecule has 2 aromatic rings. The van der Waals surface area contributed by atoms with Gasteiger partial charge in [0.25, 0.3) is 0 Å². The Labute approximate surface area is 128 Å². The summed E-state index contributed by atoms with van der Waals surface area (Å²) in [5.41, 5.74) is 0.653. The van der Waals surface area contributed by atoms with E-state index in [2.05, 4.69) is 31.5 Å². The van der Waals surface area contributed by atoms with Gasteiger partial charge in [-0.15, -0.1) is 0 Å². The second-order valence-electron chi connectivity index (χ2n) is 3.65. The van der Waals surface area contributed by atoms with Gasteiger partial charge in [-0.25, -0.2) is 9.37 Å². The summed E-state index contributed by atoms with van der Waals surface area (Å²) < 4.78 is 13.6. The van der Waals surface area contributed by atoms with Crippen LogP contribution in [0.4, 0.5) is 21.7 Å². The fourth-order valence-electron chi connectivity index (χ4n) is 1.45. The van der Waals surface area contributed by atoms with Crippen molar-refractivity contribution in [1.82, 2.24) is 4.98 Å². The van der Waals surface area contributed by atoms with Crippen molar-refractivity contribution in [2.24, 2.45) is 0 Å². The summed E-state index contributed by atoms with van der Waals surface area (Å²) in [5.74, 6) is 0.609. The lowest BCUT2D eigenvalue weighted by atomic mass is 10.3. The third-order valence-corrected chi connectivity index (χ3v) is 3.58. The monoisotopic (exact) mass is 363 g/mol. The first-order valence-electron chi connectivity index (χ1n) is 5.27. The molecule has 3 nitrogen and oxygen atoms in total. The third-order valence-electron chi connectivity index (χ3n) is 2.35. The highest BCUT2D eigenvalue weighted by atomic mass is 79.9. The van der Waals surface area contributed by atoms with Crippen molar-refractivity contribution in [2.45, 2.75) is 0 Å². The highest BCUT2D eigenvalue weighted by molar-refractivity contribution is 9.10. The van der Waals surface area contributed by atoms with Gasteiger partial charge in [-0.1, -0.05) is 23.2 Å². The lowest BCUT2D eigenvalue weighted by Crippen LogP contribution is -2.00. The minimum Gasteiger partial charge on any atom is -0.372 e. The summed E-state index contributed by atoms with van der Waals surface area (Å²) in [6, 6.07) is 5.87. The standard InChI is InChI=1S/C12H9BrCl2FN3/c1-17-11-8(14)5-9(15)12(19-11)18-10-3-2-6(16)4-7(10)13/h2-5H,1H3,(H2,17,18,19). The van der Waals surface area contributed by atoms with E-state index in [1.54, 1.807) is 19.2 Å². The fourth-order valence-corrected chi connectivity index (χ4v) is 2.40. The minimum atomic E-state index is -0.330. The molecule has 0 saturated heterocycles. The quantitative estimate of drug-likeness (QED) is 0.797. The summed E-state index contributed by atoms with van der Waals surface area (Å²) >= 11 is 15.3. The molecule has 0 radical (unpaired) electrons. The van der Waals surface area contributed by atoms with Gasteiger partial charge in [0, 0.05) is 11.5 Å². The van der Waals surface area contributed by atoms with E-state index in [0.29, 0.717) is 31.8 Å². The lowest BCUT2D eigenvalue weighted by Gasteiger charge is -2.12. The first-order chi connectivity index (χ1) is 9.01. The summed E-state index contributed by atoms with van der Waals surface area (Å²) in [5, 5.41) is 6.68. The van der Waals surface area contributed by atoms with Crippen molar-refractivity contribution >= 4 is 56.5 Å². The number of benzene rings is 1. The predicted molar refractivity (Wildman–Crippen MR) is 81.2 cm³/mol. The molecule has 7 heteroatoms. The summed E-state index contributed by atoms with van der Waals surface area (Å²) in [7, 11) is 1.71. The molecule has 1 aromatic carbocycles. The zero-order chi connectivity index (χ0) is 14.0. The summed E-state index contributed by atoms with van der Waals surface area (Å²) in [6.07, 6.45) is 0. The Morgan fingerprint density at radius 3 is 2.47 bits per heavy atom. The van der Waals surface area contributed by atoms with Crippen molar-refractivity contribution in [3.8, 4) is 0 Å². The van der Waals surface area contributed by atoms with Gasteiger partial charge in [0.15, 0.2) is 5.82 Å². The van der Waals surface area contributed by atoms with Crippen molar-refractivity contribution in [1.29, 1.82) is 0 Å². The maximum atomic E-state index is 13.0. The van der Waals surface area contributed by atoms with Gasteiger partial charge < -0.3 is 10.6 Å². The highest BCUT2D eigenvalue weighted by Crippen LogP contribution is 2.33. The molecule has 19 heavy (non-hydrogen) atoms. The van der Waals surface area contributed by atoms with Crippen molar-refractivity contribution in [3.05, 3.63) is 44.6 Å². The molecule has 0 saturated carbocycles. The second kappa shape index (κ2) is 5.94. The smallest absolute Gasteiger partial charge is 0.151 e. The van der Waals surface area contributed by atoms with Crippen LogP contribution in [0.5, 0.6) is 0 Å². The molecule has 1 heterocycles. The molecule has 2 rings (SSSR count). The average Bonchev–Trinajstić information content (AvgIpc) is 2.35. The number of anilines is 3. The van der Waals surface area contributed by atoms with E-state index in [1.807, 2.05) is 0 Å². The second-order valence-corrected chi connectivity index (χ2v) is 5.32. The van der Waals surface area contributed by atoms with Crippen LogP contribution in [-0.2, 0) is 0 Å². The van der Waals surface area contributed by atoms with Gasteiger partial charge in [-0.2, -0.15) is 0 Å². The largest absolute Gasteiger partial charge is 0.372 e. The van der Waals surface area contributed by atoms with Gasteiger partial charge in [0.1, 0.15) is 11.6 Å². The van der Waals surface area contributed by atoms with E-state index in [4.69, 9.17) is 23.2 Å². The van der Waals surface area contributed by atoms with E-state index in [1.165, 1.54) is 12.1 Å². The van der Waals surface area contributed by atoms with Crippen LogP contribution in [0.2, 0.25) is 10.0 Å². The van der Waals surface area contributed by atoms with Crippen LogP contribution in [-0.4, -0.2) is 12.0 Å². The zero-order valence-corrected chi connectivity index (χ0v) is 12.9.